The third kappa shape index (κ3) is 2.94. The SMILES string of the molecule is COc1cccc(N2CC(C)NCC2CCO)c1. The number of piperazine rings is 1. The molecule has 0 aliphatic carbocycles. The van der Waals surface area contributed by atoms with Gasteiger partial charge in [-0.3, -0.25) is 0 Å². The molecule has 2 N–H and O–H groups in total. The van der Waals surface area contributed by atoms with E-state index in [9.17, 15) is 5.11 Å². The van der Waals surface area contributed by atoms with Crippen LogP contribution in [0.4, 0.5) is 5.69 Å². The second kappa shape index (κ2) is 6.07. The Bertz CT molecular complexity index is 384. The molecule has 0 radical (unpaired) electrons. The van der Waals surface area contributed by atoms with Gasteiger partial charge in [0.25, 0.3) is 0 Å². The molecule has 0 aromatic heterocycles. The van der Waals surface area contributed by atoms with E-state index in [0.29, 0.717) is 12.1 Å². The van der Waals surface area contributed by atoms with Gasteiger partial charge in [0, 0.05) is 43.5 Å². The predicted octanol–water partition coefficient (Wildman–Crippen LogP) is 1.24. The topological polar surface area (TPSA) is 44.7 Å². The molecule has 1 fully saturated rings. The average molecular weight is 250 g/mol. The van der Waals surface area contributed by atoms with E-state index in [1.165, 1.54) is 5.69 Å². The Morgan fingerprint density at radius 2 is 2.33 bits per heavy atom. The van der Waals surface area contributed by atoms with Crippen molar-refractivity contribution in [1.82, 2.24) is 5.32 Å². The van der Waals surface area contributed by atoms with Gasteiger partial charge in [-0.2, -0.15) is 0 Å². The van der Waals surface area contributed by atoms with E-state index >= 15 is 0 Å². The summed E-state index contributed by atoms with van der Waals surface area (Å²) in [4.78, 5) is 2.36. The normalized spacial score (nSPS) is 24.1. The summed E-state index contributed by atoms with van der Waals surface area (Å²) in [5, 5.41) is 12.6. The average Bonchev–Trinajstić information content (AvgIpc) is 2.41. The molecular weight excluding hydrogens is 228 g/mol. The Morgan fingerprint density at radius 1 is 1.50 bits per heavy atom. The monoisotopic (exact) mass is 250 g/mol. The quantitative estimate of drug-likeness (QED) is 0.844. The van der Waals surface area contributed by atoms with Crippen LogP contribution >= 0.6 is 0 Å². The lowest BCUT2D eigenvalue weighted by Crippen LogP contribution is -2.56. The van der Waals surface area contributed by atoms with Crippen molar-refractivity contribution < 1.29 is 9.84 Å². The van der Waals surface area contributed by atoms with E-state index < -0.39 is 0 Å². The minimum Gasteiger partial charge on any atom is -0.497 e. The fourth-order valence-corrected chi connectivity index (χ4v) is 2.47. The van der Waals surface area contributed by atoms with Crippen LogP contribution in [-0.2, 0) is 0 Å². The van der Waals surface area contributed by atoms with Crippen molar-refractivity contribution in [3.05, 3.63) is 24.3 Å². The number of methoxy groups -OCH3 is 1. The zero-order valence-electron chi connectivity index (χ0n) is 11.1. The molecule has 0 bridgehead atoms. The van der Waals surface area contributed by atoms with Crippen molar-refractivity contribution >= 4 is 5.69 Å². The fraction of sp³-hybridized carbons (Fsp3) is 0.571. The molecule has 4 heteroatoms. The van der Waals surface area contributed by atoms with Gasteiger partial charge in [0.2, 0.25) is 0 Å². The van der Waals surface area contributed by atoms with Gasteiger partial charge in [0.15, 0.2) is 0 Å². The summed E-state index contributed by atoms with van der Waals surface area (Å²) in [5.41, 5.74) is 1.17. The first-order valence-electron chi connectivity index (χ1n) is 6.49. The Hall–Kier alpha value is -1.26. The lowest BCUT2D eigenvalue weighted by molar-refractivity contribution is 0.260. The van der Waals surface area contributed by atoms with Crippen LogP contribution in [0.15, 0.2) is 24.3 Å². The van der Waals surface area contributed by atoms with Crippen molar-refractivity contribution in [3.63, 3.8) is 0 Å². The van der Waals surface area contributed by atoms with Gasteiger partial charge in [-0.15, -0.1) is 0 Å². The number of nitrogens with zero attached hydrogens (tertiary/aromatic N) is 1. The Morgan fingerprint density at radius 3 is 3.06 bits per heavy atom. The molecule has 18 heavy (non-hydrogen) atoms. The van der Waals surface area contributed by atoms with E-state index in [-0.39, 0.29) is 6.61 Å². The maximum atomic E-state index is 9.17. The molecule has 1 aliphatic heterocycles. The number of ether oxygens (including phenoxy) is 1. The summed E-state index contributed by atoms with van der Waals surface area (Å²) >= 11 is 0. The van der Waals surface area contributed by atoms with Crippen LogP contribution < -0.4 is 15.0 Å². The van der Waals surface area contributed by atoms with Gasteiger partial charge in [0.1, 0.15) is 5.75 Å². The van der Waals surface area contributed by atoms with E-state index in [2.05, 4.69) is 29.3 Å². The van der Waals surface area contributed by atoms with Crippen molar-refractivity contribution in [2.24, 2.45) is 0 Å². The summed E-state index contributed by atoms with van der Waals surface area (Å²) in [6.07, 6.45) is 0.789. The zero-order valence-corrected chi connectivity index (χ0v) is 11.1. The molecule has 2 atom stereocenters. The van der Waals surface area contributed by atoms with Crippen LogP contribution in [0.5, 0.6) is 5.75 Å². The number of anilines is 1. The molecule has 0 amide bonds. The Balaban J connectivity index is 2.20. The van der Waals surface area contributed by atoms with Crippen molar-refractivity contribution in [2.75, 3.05) is 31.7 Å². The van der Waals surface area contributed by atoms with Crippen LogP contribution in [0.2, 0.25) is 0 Å². The smallest absolute Gasteiger partial charge is 0.120 e. The van der Waals surface area contributed by atoms with Crippen molar-refractivity contribution in [1.29, 1.82) is 0 Å². The van der Waals surface area contributed by atoms with Crippen LogP contribution in [0.3, 0.4) is 0 Å². The lowest BCUT2D eigenvalue weighted by Gasteiger charge is -2.41. The molecule has 1 aliphatic rings. The molecular formula is C14H22N2O2. The first-order chi connectivity index (χ1) is 8.74. The maximum absolute atomic E-state index is 9.17. The highest BCUT2D eigenvalue weighted by Crippen LogP contribution is 2.25. The van der Waals surface area contributed by atoms with Gasteiger partial charge in [-0.25, -0.2) is 0 Å². The molecule has 0 saturated carbocycles. The molecule has 4 nitrogen and oxygen atoms in total. The van der Waals surface area contributed by atoms with E-state index in [0.717, 1.165) is 25.3 Å². The highest BCUT2D eigenvalue weighted by Gasteiger charge is 2.25. The molecule has 2 unspecified atom stereocenters. The summed E-state index contributed by atoms with van der Waals surface area (Å²) in [5.74, 6) is 0.876. The largest absolute Gasteiger partial charge is 0.497 e. The number of hydrogen-bond acceptors (Lipinski definition) is 4. The minimum absolute atomic E-state index is 0.223. The fourth-order valence-electron chi connectivity index (χ4n) is 2.47. The molecule has 100 valence electrons. The first kappa shape index (κ1) is 13.2. The van der Waals surface area contributed by atoms with Crippen LogP contribution in [0.25, 0.3) is 0 Å². The predicted molar refractivity (Wildman–Crippen MR) is 73.3 cm³/mol. The standard InChI is InChI=1S/C14H22N2O2/c1-11-10-16(13(6-7-17)9-15-11)12-4-3-5-14(8-12)18-2/h3-5,8,11,13,15,17H,6-7,9-10H2,1-2H3. The third-order valence-electron chi connectivity index (χ3n) is 3.46. The second-order valence-corrected chi connectivity index (χ2v) is 4.83. The molecule has 1 heterocycles. The minimum atomic E-state index is 0.223. The van der Waals surface area contributed by atoms with Crippen LogP contribution in [-0.4, -0.2) is 44.0 Å². The van der Waals surface area contributed by atoms with Gasteiger partial charge >= 0.3 is 0 Å². The number of aliphatic hydroxyl groups is 1. The molecule has 1 saturated heterocycles. The third-order valence-corrected chi connectivity index (χ3v) is 3.46. The number of nitrogens with one attached hydrogen (secondary N) is 1. The van der Waals surface area contributed by atoms with E-state index in [4.69, 9.17) is 4.74 Å². The van der Waals surface area contributed by atoms with Crippen LogP contribution in [0.1, 0.15) is 13.3 Å². The Kier molecular flexibility index (Phi) is 4.44. The summed E-state index contributed by atoms with van der Waals surface area (Å²) in [6.45, 7) is 4.28. The van der Waals surface area contributed by atoms with E-state index in [1.807, 2.05) is 12.1 Å². The zero-order chi connectivity index (χ0) is 13.0. The van der Waals surface area contributed by atoms with Crippen molar-refractivity contribution in [3.8, 4) is 5.75 Å². The lowest BCUT2D eigenvalue weighted by atomic mass is 10.1. The Labute approximate surface area is 109 Å². The molecule has 1 aromatic rings. The summed E-state index contributed by atoms with van der Waals surface area (Å²) in [7, 11) is 1.69. The summed E-state index contributed by atoms with van der Waals surface area (Å²) < 4.78 is 5.28. The summed E-state index contributed by atoms with van der Waals surface area (Å²) in [6, 6.07) is 8.94. The number of rotatable bonds is 4. The second-order valence-electron chi connectivity index (χ2n) is 4.83. The van der Waals surface area contributed by atoms with Crippen LogP contribution in [0, 0.1) is 0 Å². The number of aliphatic hydroxyl groups excluding tert-OH is 1. The van der Waals surface area contributed by atoms with Gasteiger partial charge < -0.3 is 20.1 Å². The maximum Gasteiger partial charge on any atom is 0.120 e. The highest BCUT2D eigenvalue weighted by atomic mass is 16.5. The van der Waals surface area contributed by atoms with Crippen molar-refractivity contribution in [2.45, 2.75) is 25.4 Å². The molecule has 0 spiro atoms. The number of benzene rings is 1. The van der Waals surface area contributed by atoms with E-state index in [1.54, 1.807) is 7.11 Å². The molecule has 1 aromatic carbocycles. The van der Waals surface area contributed by atoms with Gasteiger partial charge in [-0.1, -0.05) is 6.07 Å². The highest BCUT2D eigenvalue weighted by molar-refractivity contribution is 5.52. The first-order valence-corrected chi connectivity index (χ1v) is 6.49. The molecule has 2 rings (SSSR count). The van der Waals surface area contributed by atoms with Gasteiger partial charge in [-0.05, 0) is 25.5 Å². The number of hydrogen-bond donors (Lipinski definition) is 2. The van der Waals surface area contributed by atoms with Gasteiger partial charge in [0.05, 0.1) is 7.11 Å².